The maximum Gasteiger partial charge on any atom is 0.323 e. The van der Waals surface area contributed by atoms with E-state index in [1.807, 2.05) is 52.8 Å². The Kier molecular flexibility index (Phi) is 6.20. The maximum atomic E-state index is 12.5. The smallest absolute Gasteiger partial charge is 0.323 e. The van der Waals surface area contributed by atoms with Gasteiger partial charge in [-0.25, -0.2) is 4.79 Å². The Hall–Kier alpha value is -2.08. The Morgan fingerprint density at radius 3 is 2.75 bits per heavy atom. The first-order chi connectivity index (χ1) is 11.4. The van der Waals surface area contributed by atoms with Gasteiger partial charge >= 0.3 is 6.03 Å². The van der Waals surface area contributed by atoms with Crippen molar-refractivity contribution in [3.8, 4) is 0 Å². The molecule has 1 aliphatic rings. The Morgan fingerprint density at radius 1 is 1.42 bits per heavy atom. The van der Waals surface area contributed by atoms with E-state index in [-0.39, 0.29) is 24.2 Å². The SMILES string of the molecule is C/C=C\C(=C/C)C1CN(C(=O)Nc2cc(C(C)C)on2)CC(C)O1. The van der Waals surface area contributed by atoms with Gasteiger partial charge in [0.25, 0.3) is 0 Å². The molecule has 2 unspecified atom stereocenters. The molecule has 1 saturated heterocycles. The lowest BCUT2D eigenvalue weighted by Crippen LogP contribution is -2.51. The summed E-state index contributed by atoms with van der Waals surface area (Å²) >= 11 is 0. The minimum atomic E-state index is -0.185. The number of nitrogens with one attached hydrogen (secondary N) is 1. The zero-order valence-electron chi connectivity index (χ0n) is 15.1. The highest BCUT2D eigenvalue weighted by molar-refractivity contribution is 5.88. The predicted molar refractivity (Wildman–Crippen MR) is 94.1 cm³/mol. The van der Waals surface area contributed by atoms with Gasteiger partial charge in [-0.15, -0.1) is 0 Å². The van der Waals surface area contributed by atoms with Crippen molar-refractivity contribution in [2.24, 2.45) is 0 Å². The second kappa shape index (κ2) is 8.15. The van der Waals surface area contributed by atoms with Gasteiger partial charge in [0.2, 0.25) is 0 Å². The van der Waals surface area contributed by atoms with Crippen molar-refractivity contribution in [1.82, 2.24) is 10.1 Å². The molecule has 132 valence electrons. The van der Waals surface area contributed by atoms with E-state index in [4.69, 9.17) is 9.26 Å². The molecule has 0 aromatic carbocycles. The quantitative estimate of drug-likeness (QED) is 0.847. The van der Waals surface area contributed by atoms with Crippen LogP contribution in [0.2, 0.25) is 0 Å². The van der Waals surface area contributed by atoms with Crippen molar-refractivity contribution in [2.75, 3.05) is 18.4 Å². The zero-order valence-corrected chi connectivity index (χ0v) is 15.1. The molecule has 0 spiro atoms. The van der Waals surface area contributed by atoms with E-state index in [1.165, 1.54) is 0 Å². The number of nitrogens with zero attached hydrogens (tertiary/aromatic N) is 2. The molecule has 2 heterocycles. The highest BCUT2D eigenvalue weighted by Crippen LogP contribution is 2.21. The first-order valence-corrected chi connectivity index (χ1v) is 8.41. The lowest BCUT2D eigenvalue weighted by Gasteiger charge is -2.37. The highest BCUT2D eigenvalue weighted by Gasteiger charge is 2.30. The molecule has 2 rings (SSSR count). The average Bonchev–Trinajstić information content (AvgIpc) is 3.00. The Bertz CT molecular complexity index is 619. The number of rotatable bonds is 4. The minimum Gasteiger partial charge on any atom is -0.367 e. The molecule has 1 aromatic rings. The van der Waals surface area contributed by atoms with Crippen LogP contribution in [-0.4, -0.2) is 41.4 Å². The normalized spacial score (nSPS) is 22.4. The van der Waals surface area contributed by atoms with Crippen molar-refractivity contribution in [2.45, 2.75) is 52.7 Å². The maximum absolute atomic E-state index is 12.5. The van der Waals surface area contributed by atoms with Crippen LogP contribution >= 0.6 is 0 Å². The minimum absolute atomic E-state index is 0.0294. The van der Waals surface area contributed by atoms with E-state index in [0.717, 1.165) is 11.3 Å². The predicted octanol–water partition coefficient (Wildman–Crippen LogP) is 3.94. The number of carbonyl (C=O) groups excluding carboxylic acids is 1. The van der Waals surface area contributed by atoms with Crippen molar-refractivity contribution in [3.63, 3.8) is 0 Å². The standard InChI is InChI=1S/C18H27N3O3/c1-6-8-14(7-2)16-11-21(10-13(5)23-16)18(22)19-17-9-15(12(3)4)24-20-17/h6-9,12-13,16H,10-11H2,1-5H3,(H,19,20,22)/b8-6-,14-7+. The van der Waals surface area contributed by atoms with Crippen LogP contribution < -0.4 is 5.32 Å². The van der Waals surface area contributed by atoms with Crippen LogP contribution in [-0.2, 0) is 4.74 Å². The van der Waals surface area contributed by atoms with Gasteiger partial charge in [0.15, 0.2) is 5.82 Å². The van der Waals surface area contributed by atoms with Crippen LogP contribution in [0.25, 0.3) is 0 Å². The number of allylic oxidation sites excluding steroid dienone is 2. The lowest BCUT2D eigenvalue weighted by molar-refractivity contribution is -0.0432. The van der Waals surface area contributed by atoms with E-state index in [2.05, 4.69) is 10.5 Å². The summed E-state index contributed by atoms with van der Waals surface area (Å²) in [5.41, 5.74) is 1.07. The third-order valence-electron chi connectivity index (χ3n) is 3.94. The molecule has 1 aromatic heterocycles. The largest absolute Gasteiger partial charge is 0.367 e. The van der Waals surface area contributed by atoms with Gasteiger partial charge in [0.1, 0.15) is 11.9 Å². The van der Waals surface area contributed by atoms with Gasteiger partial charge in [-0.2, -0.15) is 0 Å². The van der Waals surface area contributed by atoms with Crippen molar-refractivity contribution in [1.29, 1.82) is 0 Å². The van der Waals surface area contributed by atoms with Gasteiger partial charge in [-0.05, 0) is 26.3 Å². The highest BCUT2D eigenvalue weighted by atomic mass is 16.5. The summed E-state index contributed by atoms with van der Waals surface area (Å²) < 4.78 is 11.2. The average molecular weight is 333 g/mol. The molecule has 24 heavy (non-hydrogen) atoms. The van der Waals surface area contributed by atoms with Gasteiger partial charge in [-0.1, -0.05) is 37.2 Å². The second-order valence-electron chi connectivity index (χ2n) is 6.33. The van der Waals surface area contributed by atoms with E-state index >= 15 is 0 Å². The fourth-order valence-electron chi connectivity index (χ4n) is 2.69. The summed E-state index contributed by atoms with van der Waals surface area (Å²) in [6.45, 7) is 11.0. The number of hydrogen-bond acceptors (Lipinski definition) is 4. The summed E-state index contributed by atoms with van der Waals surface area (Å²) in [6, 6.07) is 1.58. The topological polar surface area (TPSA) is 67.6 Å². The summed E-state index contributed by atoms with van der Waals surface area (Å²) in [5, 5.41) is 6.71. The molecule has 1 N–H and O–H groups in total. The first-order valence-electron chi connectivity index (χ1n) is 8.41. The molecule has 1 aliphatic heterocycles. The Morgan fingerprint density at radius 2 is 2.17 bits per heavy atom. The molecule has 6 heteroatoms. The molecule has 0 aliphatic carbocycles. The third kappa shape index (κ3) is 4.47. The van der Waals surface area contributed by atoms with E-state index in [1.54, 1.807) is 11.0 Å². The fraction of sp³-hybridized carbons (Fsp3) is 0.556. The summed E-state index contributed by atoms with van der Waals surface area (Å²) in [6.07, 6.45) is 5.87. The summed E-state index contributed by atoms with van der Waals surface area (Å²) in [5.74, 6) is 1.43. The van der Waals surface area contributed by atoms with Gasteiger partial charge in [0.05, 0.1) is 12.6 Å². The van der Waals surface area contributed by atoms with Crippen molar-refractivity contribution < 1.29 is 14.1 Å². The van der Waals surface area contributed by atoms with Crippen molar-refractivity contribution in [3.05, 3.63) is 35.6 Å². The fourth-order valence-corrected chi connectivity index (χ4v) is 2.69. The van der Waals surface area contributed by atoms with Gasteiger partial charge in [0, 0.05) is 18.5 Å². The number of morpholine rings is 1. The molecule has 0 radical (unpaired) electrons. The van der Waals surface area contributed by atoms with E-state index in [0.29, 0.717) is 18.9 Å². The van der Waals surface area contributed by atoms with Crippen LogP contribution in [0.15, 0.2) is 34.4 Å². The molecule has 2 amide bonds. The van der Waals surface area contributed by atoms with Gasteiger partial charge < -0.3 is 14.2 Å². The molecular weight excluding hydrogens is 306 g/mol. The molecule has 0 saturated carbocycles. The number of aromatic nitrogens is 1. The molecule has 0 bridgehead atoms. The summed E-state index contributed by atoms with van der Waals surface area (Å²) in [7, 11) is 0. The van der Waals surface area contributed by atoms with E-state index in [9.17, 15) is 4.79 Å². The van der Waals surface area contributed by atoms with Gasteiger partial charge in [-0.3, -0.25) is 5.32 Å². The molecule has 1 fully saturated rings. The molecule has 2 atom stereocenters. The number of anilines is 1. The lowest BCUT2D eigenvalue weighted by atomic mass is 10.1. The van der Waals surface area contributed by atoms with E-state index < -0.39 is 0 Å². The first kappa shape index (κ1) is 18.3. The van der Waals surface area contributed by atoms with Crippen LogP contribution in [0, 0.1) is 0 Å². The Labute approximate surface area is 143 Å². The third-order valence-corrected chi connectivity index (χ3v) is 3.94. The Balaban J connectivity index is 2.04. The number of urea groups is 1. The van der Waals surface area contributed by atoms with Crippen LogP contribution in [0.1, 0.15) is 46.3 Å². The monoisotopic (exact) mass is 333 g/mol. The molecule has 6 nitrogen and oxygen atoms in total. The number of ether oxygens (including phenoxy) is 1. The summed E-state index contributed by atoms with van der Waals surface area (Å²) in [4.78, 5) is 14.3. The van der Waals surface area contributed by atoms with Crippen LogP contribution in [0.4, 0.5) is 10.6 Å². The van der Waals surface area contributed by atoms with Crippen LogP contribution in [0.5, 0.6) is 0 Å². The second-order valence-corrected chi connectivity index (χ2v) is 6.33. The van der Waals surface area contributed by atoms with Crippen LogP contribution in [0.3, 0.4) is 0 Å². The molecular formula is C18H27N3O3. The zero-order chi connectivity index (χ0) is 17.7. The van der Waals surface area contributed by atoms with Crippen molar-refractivity contribution >= 4 is 11.8 Å². The number of hydrogen-bond donors (Lipinski definition) is 1. The number of amides is 2. The number of carbonyl (C=O) groups is 1.